The molecule has 0 spiro atoms. The first-order chi connectivity index (χ1) is 11.3. The van der Waals surface area contributed by atoms with Crippen molar-refractivity contribution in [1.82, 2.24) is 0 Å². The molecule has 2 heteroatoms. The van der Waals surface area contributed by atoms with Crippen molar-refractivity contribution in [2.45, 2.75) is 110 Å². The average Bonchev–Trinajstić information content (AvgIpc) is 2.56. The molecule has 23 heavy (non-hydrogen) atoms. The van der Waals surface area contributed by atoms with Gasteiger partial charge in [0.2, 0.25) is 0 Å². The molecule has 0 aromatic rings. The van der Waals surface area contributed by atoms with Crippen molar-refractivity contribution in [2.75, 3.05) is 6.61 Å². The van der Waals surface area contributed by atoms with Crippen molar-refractivity contribution in [3.8, 4) is 0 Å². The highest BCUT2D eigenvalue weighted by Gasteiger charge is 2.02. The van der Waals surface area contributed by atoms with Crippen LogP contribution in [0.4, 0.5) is 0 Å². The van der Waals surface area contributed by atoms with Gasteiger partial charge in [-0.15, -0.1) is 0 Å². The van der Waals surface area contributed by atoms with Gasteiger partial charge in [-0.05, 0) is 32.1 Å². The molecule has 0 atom stereocenters. The summed E-state index contributed by atoms with van der Waals surface area (Å²) in [4.78, 5) is 11.6. The smallest absolute Gasteiger partial charge is 0.305 e. The van der Waals surface area contributed by atoms with Crippen molar-refractivity contribution in [2.24, 2.45) is 0 Å². The molecule has 0 rings (SSSR count). The van der Waals surface area contributed by atoms with Gasteiger partial charge in [0.25, 0.3) is 0 Å². The van der Waals surface area contributed by atoms with Crippen LogP contribution in [0.5, 0.6) is 0 Å². The molecule has 0 aliphatic heterocycles. The van der Waals surface area contributed by atoms with Crippen molar-refractivity contribution in [3.05, 3.63) is 12.2 Å². The lowest BCUT2D eigenvalue weighted by atomic mass is 10.1. The lowest BCUT2D eigenvalue weighted by Crippen LogP contribution is -2.05. The fourth-order valence-corrected chi connectivity index (χ4v) is 2.58. The molecule has 0 unspecified atom stereocenters. The minimum Gasteiger partial charge on any atom is -0.466 e. The monoisotopic (exact) mass is 324 g/mol. The van der Waals surface area contributed by atoms with Crippen molar-refractivity contribution in [3.63, 3.8) is 0 Å². The van der Waals surface area contributed by atoms with Crippen LogP contribution in [-0.4, -0.2) is 12.6 Å². The number of carbonyl (C=O) groups excluding carboxylic acids is 1. The SMILES string of the molecule is CCCC/C=C\CCCCCCCC(=O)OCCCCCCC. The number of esters is 1. The number of carbonyl (C=O) groups is 1. The topological polar surface area (TPSA) is 26.3 Å². The van der Waals surface area contributed by atoms with E-state index in [1.165, 1.54) is 70.6 Å². The second-order valence-corrected chi connectivity index (χ2v) is 6.55. The largest absolute Gasteiger partial charge is 0.466 e. The van der Waals surface area contributed by atoms with E-state index in [0.717, 1.165) is 19.3 Å². The summed E-state index contributed by atoms with van der Waals surface area (Å²) in [6, 6.07) is 0. The van der Waals surface area contributed by atoms with Crippen LogP contribution in [-0.2, 0) is 9.53 Å². The maximum atomic E-state index is 11.6. The molecule has 0 amide bonds. The highest BCUT2D eigenvalue weighted by molar-refractivity contribution is 5.69. The Hall–Kier alpha value is -0.790. The molecular formula is C21H40O2. The van der Waals surface area contributed by atoms with E-state index in [1.54, 1.807) is 0 Å². The van der Waals surface area contributed by atoms with E-state index in [2.05, 4.69) is 26.0 Å². The van der Waals surface area contributed by atoms with Crippen LogP contribution >= 0.6 is 0 Å². The van der Waals surface area contributed by atoms with E-state index in [0.29, 0.717) is 13.0 Å². The predicted octanol–water partition coefficient (Wildman–Crippen LogP) is 6.98. The fourth-order valence-electron chi connectivity index (χ4n) is 2.58. The summed E-state index contributed by atoms with van der Waals surface area (Å²) in [7, 11) is 0. The van der Waals surface area contributed by atoms with Crippen LogP contribution in [0.15, 0.2) is 12.2 Å². The first-order valence-electron chi connectivity index (χ1n) is 10.1. The maximum Gasteiger partial charge on any atom is 0.305 e. The molecule has 0 fully saturated rings. The molecule has 2 nitrogen and oxygen atoms in total. The van der Waals surface area contributed by atoms with Crippen LogP contribution in [0.25, 0.3) is 0 Å². The van der Waals surface area contributed by atoms with Gasteiger partial charge in [0.15, 0.2) is 0 Å². The Kier molecular flexibility index (Phi) is 18.6. The van der Waals surface area contributed by atoms with Crippen LogP contribution < -0.4 is 0 Å². The Morgan fingerprint density at radius 1 is 0.696 bits per heavy atom. The zero-order valence-corrected chi connectivity index (χ0v) is 15.8. The highest BCUT2D eigenvalue weighted by Crippen LogP contribution is 2.09. The van der Waals surface area contributed by atoms with Crippen LogP contribution in [0.2, 0.25) is 0 Å². The Morgan fingerprint density at radius 2 is 1.26 bits per heavy atom. The van der Waals surface area contributed by atoms with Gasteiger partial charge < -0.3 is 4.74 Å². The molecule has 0 saturated carbocycles. The molecular weight excluding hydrogens is 284 g/mol. The van der Waals surface area contributed by atoms with Crippen LogP contribution in [0.3, 0.4) is 0 Å². The second kappa shape index (κ2) is 19.3. The minimum absolute atomic E-state index is 0.000603. The first-order valence-corrected chi connectivity index (χ1v) is 10.1. The fraction of sp³-hybridized carbons (Fsp3) is 0.857. The van der Waals surface area contributed by atoms with Gasteiger partial charge in [-0.25, -0.2) is 0 Å². The normalized spacial score (nSPS) is 11.2. The standard InChI is InChI=1S/C21H40O2/c1-3-5-7-9-10-11-12-13-14-15-17-19-21(22)23-20-18-16-8-6-4-2/h9-10H,3-8,11-20H2,1-2H3/b10-9-. The Balaban J connectivity index is 3.19. The third-order valence-corrected chi connectivity index (χ3v) is 4.15. The number of rotatable bonds is 17. The molecule has 0 aromatic heterocycles. The van der Waals surface area contributed by atoms with Gasteiger partial charge in [-0.2, -0.15) is 0 Å². The summed E-state index contributed by atoms with van der Waals surface area (Å²) in [6.07, 6.45) is 22.3. The van der Waals surface area contributed by atoms with Crippen molar-refractivity contribution >= 4 is 5.97 Å². The Morgan fingerprint density at radius 3 is 2.00 bits per heavy atom. The summed E-state index contributed by atoms with van der Waals surface area (Å²) in [5.74, 6) is -0.000603. The van der Waals surface area contributed by atoms with Gasteiger partial charge in [0.1, 0.15) is 0 Å². The summed E-state index contributed by atoms with van der Waals surface area (Å²) >= 11 is 0. The number of unbranched alkanes of at least 4 members (excludes halogenated alkanes) is 11. The van der Waals surface area contributed by atoms with Gasteiger partial charge in [0.05, 0.1) is 6.61 Å². The third-order valence-electron chi connectivity index (χ3n) is 4.15. The number of hydrogen-bond donors (Lipinski definition) is 0. The van der Waals surface area contributed by atoms with E-state index >= 15 is 0 Å². The lowest BCUT2D eigenvalue weighted by Gasteiger charge is -2.05. The zero-order valence-electron chi connectivity index (χ0n) is 15.8. The first kappa shape index (κ1) is 22.2. The summed E-state index contributed by atoms with van der Waals surface area (Å²) < 4.78 is 5.27. The zero-order chi connectivity index (χ0) is 17.0. The van der Waals surface area contributed by atoms with Crippen molar-refractivity contribution < 1.29 is 9.53 Å². The number of hydrogen-bond acceptors (Lipinski definition) is 2. The summed E-state index contributed by atoms with van der Waals surface area (Å²) in [5.41, 5.74) is 0. The Bertz CT molecular complexity index is 271. The van der Waals surface area contributed by atoms with Gasteiger partial charge in [0, 0.05) is 6.42 Å². The molecule has 0 aliphatic carbocycles. The molecule has 136 valence electrons. The maximum absolute atomic E-state index is 11.6. The average molecular weight is 325 g/mol. The van der Waals surface area contributed by atoms with E-state index in [1.807, 2.05) is 0 Å². The van der Waals surface area contributed by atoms with E-state index in [9.17, 15) is 4.79 Å². The van der Waals surface area contributed by atoms with E-state index in [4.69, 9.17) is 4.74 Å². The lowest BCUT2D eigenvalue weighted by molar-refractivity contribution is -0.143. The Labute approximate surface area is 145 Å². The van der Waals surface area contributed by atoms with Gasteiger partial charge in [-0.1, -0.05) is 83.8 Å². The second-order valence-electron chi connectivity index (χ2n) is 6.55. The molecule has 0 radical (unpaired) electrons. The molecule has 0 saturated heterocycles. The molecule has 0 N–H and O–H groups in total. The van der Waals surface area contributed by atoms with Crippen molar-refractivity contribution in [1.29, 1.82) is 0 Å². The van der Waals surface area contributed by atoms with Crippen LogP contribution in [0.1, 0.15) is 110 Å². The van der Waals surface area contributed by atoms with Crippen LogP contribution in [0, 0.1) is 0 Å². The summed E-state index contributed by atoms with van der Waals surface area (Å²) in [5, 5.41) is 0. The molecule has 0 aliphatic rings. The van der Waals surface area contributed by atoms with E-state index in [-0.39, 0.29) is 5.97 Å². The van der Waals surface area contributed by atoms with Gasteiger partial charge >= 0.3 is 5.97 Å². The van der Waals surface area contributed by atoms with E-state index < -0.39 is 0 Å². The number of allylic oxidation sites excluding steroid dienone is 2. The quantitative estimate of drug-likeness (QED) is 0.164. The molecule has 0 bridgehead atoms. The summed E-state index contributed by atoms with van der Waals surface area (Å²) in [6.45, 7) is 5.06. The molecule has 0 heterocycles. The number of ether oxygens (including phenoxy) is 1. The highest BCUT2D eigenvalue weighted by atomic mass is 16.5. The van der Waals surface area contributed by atoms with Gasteiger partial charge in [-0.3, -0.25) is 4.79 Å². The predicted molar refractivity (Wildman–Crippen MR) is 101 cm³/mol. The third kappa shape index (κ3) is 19.2. The minimum atomic E-state index is -0.000603. The molecule has 0 aromatic carbocycles.